The monoisotopic (exact) mass is 239 g/mol. The molecule has 0 unspecified atom stereocenters. The summed E-state index contributed by atoms with van der Waals surface area (Å²) < 4.78 is 0. The van der Waals surface area contributed by atoms with Gasteiger partial charge in [0.25, 0.3) is 0 Å². The van der Waals surface area contributed by atoms with Crippen LogP contribution in [0.4, 0.5) is 5.69 Å². The molecule has 5 heteroatoms. The van der Waals surface area contributed by atoms with E-state index in [1.54, 1.807) is 18.0 Å². The molecule has 0 atom stereocenters. The minimum atomic E-state index is 0.0814. The quantitative estimate of drug-likeness (QED) is 0.767. The average Bonchev–Trinajstić information content (AvgIpc) is 2.20. The lowest BCUT2D eigenvalue weighted by molar-refractivity contribution is -0.121. The van der Waals surface area contributed by atoms with E-state index in [4.69, 9.17) is 5.73 Å². The Bertz CT molecular complexity index is 338. The van der Waals surface area contributed by atoms with Crippen molar-refractivity contribution in [2.75, 3.05) is 11.5 Å². The second-order valence-corrected chi connectivity index (χ2v) is 4.87. The maximum Gasteiger partial charge on any atom is 0.221 e. The van der Waals surface area contributed by atoms with Gasteiger partial charge in [0.05, 0.1) is 16.9 Å². The highest BCUT2D eigenvalue weighted by atomic mass is 32.2. The van der Waals surface area contributed by atoms with Crippen LogP contribution in [0.1, 0.15) is 20.3 Å². The number of nitrogen functional groups attached to an aromatic ring is 1. The molecule has 1 amide bonds. The maximum atomic E-state index is 11.3. The van der Waals surface area contributed by atoms with Crippen LogP contribution in [0.3, 0.4) is 0 Å². The third-order valence-corrected chi connectivity index (χ3v) is 2.73. The van der Waals surface area contributed by atoms with Crippen LogP contribution in [0.15, 0.2) is 23.4 Å². The molecule has 1 aromatic heterocycles. The van der Waals surface area contributed by atoms with Crippen molar-refractivity contribution in [1.82, 2.24) is 10.3 Å². The fraction of sp³-hybridized carbons (Fsp3) is 0.455. The lowest BCUT2D eigenvalue weighted by Gasteiger charge is -2.07. The Morgan fingerprint density at radius 2 is 2.31 bits per heavy atom. The molecular formula is C11H17N3OS. The van der Waals surface area contributed by atoms with Gasteiger partial charge >= 0.3 is 0 Å². The predicted molar refractivity (Wildman–Crippen MR) is 67.3 cm³/mol. The number of aromatic nitrogens is 1. The van der Waals surface area contributed by atoms with Crippen LogP contribution in [0.2, 0.25) is 0 Å². The third-order valence-electron chi connectivity index (χ3n) is 1.79. The highest BCUT2D eigenvalue weighted by Gasteiger charge is 2.03. The Hall–Kier alpha value is -1.23. The van der Waals surface area contributed by atoms with Crippen molar-refractivity contribution in [3.05, 3.63) is 18.3 Å². The number of nitrogens with zero attached hydrogens (tertiary/aromatic N) is 1. The normalized spacial score (nSPS) is 10.4. The fourth-order valence-electron chi connectivity index (χ4n) is 1.12. The highest BCUT2D eigenvalue weighted by Crippen LogP contribution is 2.16. The van der Waals surface area contributed by atoms with Crippen molar-refractivity contribution in [2.24, 2.45) is 0 Å². The van der Waals surface area contributed by atoms with E-state index in [0.29, 0.717) is 12.1 Å². The summed E-state index contributed by atoms with van der Waals surface area (Å²) in [5.41, 5.74) is 6.18. The molecule has 0 saturated carbocycles. The standard InChI is InChI=1S/C11H17N3OS/c1-8(2)14-10(15)5-6-16-11-4-3-9(12)7-13-11/h3-4,7-8H,5-6,12H2,1-2H3,(H,14,15). The molecule has 1 aromatic rings. The largest absolute Gasteiger partial charge is 0.397 e. The van der Waals surface area contributed by atoms with Gasteiger partial charge in [-0.1, -0.05) is 0 Å². The molecule has 1 heterocycles. The van der Waals surface area contributed by atoms with Crippen molar-refractivity contribution in [3.8, 4) is 0 Å². The summed E-state index contributed by atoms with van der Waals surface area (Å²) in [6, 6.07) is 3.87. The first-order chi connectivity index (χ1) is 7.58. The second kappa shape index (κ2) is 6.37. The van der Waals surface area contributed by atoms with Crippen LogP contribution >= 0.6 is 11.8 Å². The number of hydrogen-bond acceptors (Lipinski definition) is 4. The van der Waals surface area contributed by atoms with Crippen LogP contribution in [0, 0.1) is 0 Å². The predicted octanol–water partition coefficient (Wildman–Crippen LogP) is 1.67. The molecule has 0 spiro atoms. The van der Waals surface area contributed by atoms with Gasteiger partial charge in [-0.3, -0.25) is 4.79 Å². The van der Waals surface area contributed by atoms with Crippen molar-refractivity contribution in [3.63, 3.8) is 0 Å². The topological polar surface area (TPSA) is 68.0 Å². The molecule has 4 nitrogen and oxygen atoms in total. The van der Waals surface area contributed by atoms with E-state index in [1.165, 1.54) is 0 Å². The van der Waals surface area contributed by atoms with E-state index in [1.807, 2.05) is 26.0 Å². The van der Waals surface area contributed by atoms with Gasteiger partial charge in [-0.25, -0.2) is 4.98 Å². The lowest BCUT2D eigenvalue weighted by atomic mass is 10.3. The Kier molecular flexibility index (Phi) is 5.11. The first kappa shape index (κ1) is 12.8. The van der Waals surface area contributed by atoms with Crippen LogP contribution < -0.4 is 11.1 Å². The summed E-state index contributed by atoms with van der Waals surface area (Å²) >= 11 is 1.56. The zero-order valence-corrected chi connectivity index (χ0v) is 10.4. The van der Waals surface area contributed by atoms with Gasteiger partial charge in [-0.15, -0.1) is 11.8 Å². The Balaban J connectivity index is 2.25. The number of thioether (sulfide) groups is 1. The first-order valence-electron chi connectivity index (χ1n) is 5.21. The number of hydrogen-bond donors (Lipinski definition) is 2. The molecule has 1 rings (SSSR count). The number of pyridine rings is 1. The first-order valence-corrected chi connectivity index (χ1v) is 6.20. The SMILES string of the molecule is CC(C)NC(=O)CCSc1ccc(N)cn1. The number of carbonyl (C=O) groups is 1. The van der Waals surface area contributed by atoms with E-state index in [9.17, 15) is 4.79 Å². The van der Waals surface area contributed by atoms with Gasteiger partial charge < -0.3 is 11.1 Å². The molecule has 0 aliphatic rings. The molecule has 0 aliphatic carbocycles. The zero-order chi connectivity index (χ0) is 12.0. The third kappa shape index (κ3) is 5.02. The van der Waals surface area contributed by atoms with E-state index >= 15 is 0 Å². The summed E-state index contributed by atoms with van der Waals surface area (Å²) in [7, 11) is 0. The van der Waals surface area contributed by atoms with E-state index in [2.05, 4.69) is 10.3 Å². The molecule has 0 fully saturated rings. The molecule has 0 aliphatic heterocycles. The summed E-state index contributed by atoms with van der Waals surface area (Å²) in [6.45, 7) is 3.90. The van der Waals surface area contributed by atoms with Crippen molar-refractivity contribution in [2.45, 2.75) is 31.3 Å². The fourth-order valence-corrected chi connectivity index (χ4v) is 1.91. The molecular weight excluding hydrogens is 222 g/mol. The summed E-state index contributed by atoms with van der Waals surface area (Å²) in [5.74, 6) is 0.813. The van der Waals surface area contributed by atoms with Crippen LogP contribution in [0.5, 0.6) is 0 Å². The summed E-state index contributed by atoms with van der Waals surface area (Å²) in [6.07, 6.45) is 2.13. The zero-order valence-electron chi connectivity index (χ0n) is 9.56. The van der Waals surface area contributed by atoms with Gasteiger partial charge in [0.2, 0.25) is 5.91 Å². The van der Waals surface area contributed by atoms with Crippen LogP contribution in [-0.4, -0.2) is 22.7 Å². The summed E-state index contributed by atoms with van der Waals surface area (Å²) in [4.78, 5) is 15.5. The van der Waals surface area contributed by atoms with Crippen LogP contribution in [-0.2, 0) is 4.79 Å². The van der Waals surface area contributed by atoms with Crippen molar-refractivity contribution < 1.29 is 4.79 Å². The number of carbonyl (C=O) groups excluding carboxylic acids is 1. The Morgan fingerprint density at radius 1 is 1.56 bits per heavy atom. The highest BCUT2D eigenvalue weighted by molar-refractivity contribution is 7.99. The number of rotatable bonds is 5. The van der Waals surface area contributed by atoms with Gasteiger partial charge in [0, 0.05) is 18.2 Å². The number of nitrogens with one attached hydrogen (secondary N) is 1. The van der Waals surface area contributed by atoms with E-state index in [-0.39, 0.29) is 11.9 Å². The number of nitrogens with two attached hydrogens (primary N) is 1. The maximum absolute atomic E-state index is 11.3. The smallest absolute Gasteiger partial charge is 0.221 e. The van der Waals surface area contributed by atoms with Crippen LogP contribution in [0.25, 0.3) is 0 Å². The average molecular weight is 239 g/mol. The molecule has 3 N–H and O–H groups in total. The molecule has 88 valence electrons. The molecule has 0 radical (unpaired) electrons. The minimum Gasteiger partial charge on any atom is -0.397 e. The van der Waals surface area contributed by atoms with Gasteiger partial charge in [0.15, 0.2) is 0 Å². The van der Waals surface area contributed by atoms with Gasteiger partial charge in [-0.2, -0.15) is 0 Å². The number of anilines is 1. The number of amides is 1. The lowest BCUT2D eigenvalue weighted by Crippen LogP contribution is -2.30. The van der Waals surface area contributed by atoms with Crippen molar-refractivity contribution >= 4 is 23.4 Å². The van der Waals surface area contributed by atoms with Gasteiger partial charge in [0.1, 0.15) is 0 Å². The molecule has 0 aromatic carbocycles. The van der Waals surface area contributed by atoms with E-state index < -0.39 is 0 Å². The molecule has 16 heavy (non-hydrogen) atoms. The van der Waals surface area contributed by atoms with E-state index in [0.717, 1.165) is 10.8 Å². The van der Waals surface area contributed by atoms with Gasteiger partial charge in [-0.05, 0) is 26.0 Å². The summed E-state index contributed by atoms with van der Waals surface area (Å²) in [5, 5.41) is 3.74. The second-order valence-electron chi connectivity index (χ2n) is 3.75. The molecule has 0 saturated heterocycles. The molecule has 0 bridgehead atoms. The Morgan fingerprint density at radius 3 is 2.88 bits per heavy atom. The van der Waals surface area contributed by atoms with Crippen molar-refractivity contribution in [1.29, 1.82) is 0 Å². The minimum absolute atomic E-state index is 0.0814. The Labute approximate surface area is 100 Å².